The SMILES string of the molecule is COc1ccc(F)c(-c2ccc(COc3cccc([C@@H](CC(=O)O)CC4CC4)c3)cc2S(=O)C(C)C)c1. The van der Waals surface area contributed by atoms with Crippen LogP contribution in [0.2, 0.25) is 0 Å². The predicted octanol–water partition coefficient (Wildman–Crippen LogP) is 6.95. The van der Waals surface area contributed by atoms with E-state index in [0.717, 1.165) is 17.5 Å². The van der Waals surface area contributed by atoms with Crippen LogP contribution in [0.4, 0.5) is 4.39 Å². The van der Waals surface area contributed by atoms with Gasteiger partial charge in [-0.1, -0.05) is 51.0 Å². The number of rotatable bonds is 12. The van der Waals surface area contributed by atoms with Gasteiger partial charge in [0, 0.05) is 21.3 Å². The van der Waals surface area contributed by atoms with Gasteiger partial charge in [0.05, 0.1) is 24.3 Å². The summed E-state index contributed by atoms with van der Waals surface area (Å²) in [4.78, 5) is 12.0. The van der Waals surface area contributed by atoms with E-state index in [2.05, 4.69) is 0 Å². The van der Waals surface area contributed by atoms with Crippen LogP contribution in [-0.2, 0) is 22.2 Å². The second-order valence-electron chi connectivity index (χ2n) is 9.86. The zero-order valence-corrected chi connectivity index (χ0v) is 22.2. The first-order chi connectivity index (χ1) is 17.7. The Kier molecular flexibility index (Phi) is 8.64. The number of aliphatic carboxylic acids is 1. The topological polar surface area (TPSA) is 72.8 Å². The Labute approximate surface area is 220 Å². The third-order valence-corrected chi connectivity index (χ3v) is 8.25. The van der Waals surface area contributed by atoms with Crippen LogP contribution in [0.5, 0.6) is 11.5 Å². The molecule has 0 amide bonds. The van der Waals surface area contributed by atoms with Gasteiger partial charge in [0.2, 0.25) is 0 Å². The Morgan fingerprint density at radius 3 is 2.51 bits per heavy atom. The summed E-state index contributed by atoms with van der Waals surface area (Å²) in [7, 11) is 0.167. The second kappa shape index (κ2) is 11.9. The van der Waals surface area contributed by atoms with Crippen LogP contribution < -0.4 is 9.47 Å². The quantitative estimate of drug-likeness (QED) is 0.277. The van der Waals surface area contributed by atoms with E-state index in [1.807, 2.05) is 50.2 Å². The number of ether oxygens (including phenoxy) is 2. The highest BCUT2D eigenvalue weighted by Gasteiger charge is 2.28. The van der Waals surface area contributed by atoms with E-state index in [1.165, 1.54) is 26.0 Å². The first-order valence-corrected chi connectivity index (χ1v) is 13.8. The fourth-order valence-electron chi connectivity index (χ4n) is 4.47. The Balaban J connectivity index is 1.58. The van der Waals surface area contributed by atoms with Gasteiger partial charge < -0.3 is 14.6 Å². The molecule has 1 N–H and O–H groups in total. The molecule has 0 radical (unpaired) electrons. The monoisotopic (exact) mass is 524 g/mol. The molecule has 1 fully saturated rings. The Hall–Kier alpha value is -3.19. The van der Waals surface area contributed by atoms with Crippen molar-refractivity contribution in [1.82, 2.24) is 0 Å². The van der Waals surface area contributed by atoms with Gasteiger partial charge >= 0.3 is 5.97 Å². The lowest BCUT2D eigenvalue weighted by Crippen LogP contribution is -2.09. The summed E-state index contributed by atoms with van der Waals surface area (Å²) < 4.78 is 39.3. The molecule has 0 aromatic heterocycles. The minimum atomic E-state index is -1.36. The summed E-state index contributed by atoms with van der Waals surface area (Å²) in [6.45, 7) is 3.97. The smallest absolute Gasteiger partial charge is 0.303 e. The largest absolute Gasteiger partial charge is 0.497 e. The molecule has 0 spiro atoms. The van der Waals surface area contributed by atoms with Crippen LogP contribution in [-0.4, -0.2) is 27.6 Å². The highest BCUT2D eigenvalue weighted by molar-refractivity contribution is 7.85. The summed E-state index contributed by atoms with van der Waals surface area (Å²) in [6.07, 6.45) is 3.32. The first kappa shape index (κ1) is 26.9. The second-order valence-corrected chi connectivity index (χ2v) is 11.8. The van der Waals surface area contributed by atoms with Crippen molar-refractivity contribution < 1.29 is 28.0 Å². The van der Waals surface area contributed by atoms with E-state index in [0.29, 0.717) is 33.4 Å². The molecule has 4 rings (SSSR count). The third kappa shape index (κ3) is 6.98. The van der Waals surface area contributed by atoms with Crippen LogP contribution in [0.25, 0.3) is 11.1 Å². The van der Waals surface area contributed by atoms with Crippen molar-refractivity contribution in [3.8, 4) is 22.6 Å². The van der Waals surface area contributed by atoms with Gasteiger partial charge in [0.15, 0.2) is 0 Å². The maximum absolute atomic E-state index is 14.8. The first-order valence-electron chi connectivity index (χ1n) is 12.6. The molecule has 2 atom stereocenters. The van der Waals surface area contributed by atoms with Crippen molar-refractivity contribution in [2.45, 2.75) is 62.2 Å². The summed E-state index contributed by atoms with van der Waals surface area (Å²) in [5.41, 5.74) is 2.67. The summed E-state index contributed by atoms with van der Waals surface area (Å²) >= 11 is 0. The van der Waals surface area contributed by atoms with E-state index >= 15 is 0 Å². The Morgan fingerprint density at radius 2 is 1.84 bits per heavy atom. The molecule has 0 saturated heterocycles. The number of benzene rings is 3. The van der Waals surface area contributed by atoms with Gasteiger partial charge in [0.1, 0.15) is 23.9 Å². The number of carbonyl (C=O) groups is 1. The highest BCUT2D eigenvalue weighted by Crippen LogP contribution is 2.40. The number of methoxy groups -OCH3 is 1. The van der Waals surface area contributed by atoms with Crippen molar-refractivity contribution >= 4 is 16.8 Å². The number of halogens is 1. The molecule has 0 heterocycles. The maximum atomic E-state index is 14.8. The standard InChI is InChI=1S/C30H33FO5S/c1-19(2)37(34)29-14-21(9-11-26(29)27-17-24(35-3)10-12-28(27)31)18-36-25-6-4-5-22(15-25)23(16-30(32)33)13-20-7-8-20/h4-6,9-12,14-15,17,19-20,23H,7-8,13,16,18H2,1-3H3,(H,32,33)/t23-,37?/m1/s1. The lowest BCUT2D eigenvalue weighted by Gasteiger charge is -2.17. The van der Waals surface area contributed by atoms with Gasteiger partial charge in [-0.25, -0.2) is 4.39 Å². The molecule has 0 bridgehead atoms. The normalized spacial score (nSPS) is 14.8. The van der Waals surface area contributed by atoms with Crippen LogP contribution in [0.1, 0.15) is 56.6 Å². The molecule has 7 heteroatoms. The number of carboxylic acids is 1. The number of hydrogen-bond acceptors (Lipinski definition) is 4. The number of hydrogen-bond donors (Lipinski definition) is 1. The molecule has 1 unspecified atom stereocenters. The molecule has 5 nitrogen and oxygen atoms in total. The zero-order valence-electron chi connectivity index (χ0n) is 21.4. The van der Waals surface area contributed by atoms with Crippen molar-refractivity contribution in [2.24, 2.45) is 5.92 Å². The molecule has 196 valence electrons. The number of carboxylic acid groups (broad SMARTS) is 1. The predicted molar refractivity (Wildman–Crippen MR) is 143 cm³/mol. The van der Waals surface area contributed by atoms with Gasteiger partial charge in [-0.05, 0) is 65.8 Å². The van der Waals surface area contributed by atoms with Gasteiger partial charge in [-0.15, -0.1) is 0 Å². The summed E-state index contributed by atoms with van der Waals surface area (Å²) in [5, 5.41) is 9.22. The Morgan fingerprint density at radius 1 is 1.05 bits per heavy atom. The van der Waals surface area contributed by atoms with E-state index in [9.17, 15) is 18.5 Å². The maximum Gasteiger partial charge on any atom is 0.303 e. The van der Waals surface area contributed by atoms with Crippen LogP contribution >= 0.6 is 0 Å². The van der Waals surface area contributed by atoms with E-state index < -0.39 is 22.6 Å². The molecular formula is C30H33FO5S. The van der Waals surface area contributed by atoms with Gasteiger partial charge in [-0.2, -0.15) is 0 Å². The van der Waals surface area contributed by atoms with Crippen molar-refractivity contribution in [3.05, 3.63) is 77.6 Å². The minimum absolute atomic E-state index is 0.0364. The van der Waals surface area contributed by atoms with Gasteiger partial charge in [-0.3, -0.25) is 9.00 Å². The molecule has 1 aliphatic rings. The lowest BCUT2D eigenvalue weighted by atomic mass is 9.90. The zero-order chi connectivity index (χ0) is 26.5. The average molecular weight is 525 g/mol. The molecular weight excluding hydrogens is 491 g/mol. The van der Waals surface area contributed by atoms with Crippen LogP contribution in [0.3, 0.4) is 0 Å². The summed E-state index contributed by atoms with van der Waals surface area (Å²) in [6, 6.07) is 17.6. The fourth-order valence-corrected chi connectivity index (χ4v) is 5.64. The lowest BCUT2D eigenvalue weighted by molar-refractivity contribution is -0.137. The molecule has 37 heavy (non-hydrogen) atoms. The van der Waals surface area contributed by atoms with Gasteiger partial charge in [0.25, 0.3) is 0 Å². The molecule has 3 aromatic rings. The Bertz CT molecular complexity index is 1280. The van der Waals surface area contributed by atoms with Crippen molar-refractivity contribution in [3.63, 3.8) is 0 Å². The van der Waals surface area contributed by atoms with E-state index in [1.54, 1.807) is 18.2 Å². The minimum Gasteiger partial charge on any atom is -0.497 e. The molecule has 3 aromatic carbocycles. The molecule has 0 aliphatic heterocycles. The van der Waals surface area contributed by atoms with Crippen molar-refractivity contribution in [1.29, 1.82) is 0 Å². The summed E-state index contributed by atoms with van der Waals surface area (Å²) in [5.74, 6) is 0.541. The van der Waals surface area contributed by atoms with Crippen LogP contribution in [0.15, 0.2) is 65.6 Å². The van der Waals surface area contributed by atoms with Crippen molar-refractivity contribution in [2.75, 3.05) is 7.11 Å². The van der Waals surface area contributed by atoms with E-state index in [-0.39, 0.29) is 24.2 Å². The average Bonchev–Trinajstić information content (AvgIpc) is 3.71. The highest BCUT2D eigenvalue weighted by atomic mass is 32.2. The van der Waals surface area contributed by atoms with E-state index in [4.69, 9.17) is 9.47 Å². The fraction of sp³-hybridized carbons (Fsp3) is 0.367. The molecule has 1 aliphatic carbocycles. The van der Waals surface area contributed by atoms with Crippen LogP contribution in [0, 0.1) is 11.7 Å². The molecule has 1 saturated carbocycles. The third-order valence-electron chi connectivity index (χ3n) is 6.63.